The minimum Gasteiger partial charge on any atom is -0.480 e. The fraction of sp³-hybridized carbons (Fsp3) is 0.105. The summed E-state index contributed by atoms with van der Waals surface area (Å²) in [4.78, 5) is 7.99. The number of rotatable bonds is 3. The standard InChI is InChI=1S/C19H16N2O2/c1-23-19-15(9-13-4-2-3-5-16(13)21-19)18-10-14-8-12(11-22)6-7-17(14)20-18/h2-10,20,22H,11H2,1H3. The summed E-state index contributed by atoms with van der Waals surface area (Å²) in [7, 11) is 1.63. The second-order valence-corrected chi connectivity index (χ2v) is 5.50. The van der Waals surface area contributed by atoms with Crippen molar-refractivity contribution in [2.24, 2.45) is 0 Å². The van der Waals surface area contributed by atoms with Crippen LogP contribution in [0.15, 0.2) is 54.6 Å². The molecule has 0 fully saturated rings. The van der Waals surface area contributed by atoms with Crippen molar-refractivity contribution >= 4 is 21.8 Å². The van der Waals surface area contributed by atoms with E-state index in [1.807, 2.05) is 42.5 Å². The second kappa shape index (κ2) is 5.41. The predicted octanol–water partition coefficient (Wildman–Crippen LogP) is 3.88. The van der Waals surface area contributed by atoms with E-state index in [9.17, 15) is 5.11 Å². The van der Waals surface area contributed by atoms with Crippen LogP contribution in [0.3, 0.4) is 0 Å². The van der Waals surface area contributed by atoms with Gasteiger partial charge < -0.3 is 14.8 Å². The van der Waals surface area contributed by atoms with Gasteiger partial charge in [0.1, 0.15) is 0 Å². The highest BCUT2D eigenvalue weighted by Gasteiger charge is 2.12. The maximum atomic E-state index is 9.28. The molecule has 4 nitrogen and oxygen atoms in total. The number of nitrogens with zero attached hydrogens (tertiary/aromatic N) is 1. The highest BCUT2D eigenvalue weighted by molar-refractivity contribution is 5.91. The van der Waals surface area contributed by atoms with Crippen LogP contribution < -0.4 is 4.74 Å². The van der Waals surface area contributed by atoms with Crippen LogP contribution >= 0.6 is 0 Å². The molecule has 2 aromatic carbocycles. The fourth-order valence-corrected chi connectivity index (χ4v) is 2.87. The number of ether oxygens (including phenoxy) is 1. The van der Waals surface area contributed by atoms with Crippen LogP contribution in [0.4, 0.5) is 0 Å². The SMILES string of the molecule is COc1nc2ccccc2cc1-c1cc2cc(CO)ccc2[nH]1. The molecule has 4 heteroatoms. The maximum absolute atomic E-state index is 9.28. The van der Waals surface area contributed by atoms with Gasteiger partial charge in [0.25, 0.3) is 0 Å². The molecule has 0 aliphatic heterocycles. The summed E-state index contributed by atoms with van der Waals surface area (Å²) < 4.78 is 5.48. The summed E-state index contributed by atoms with van der Waals surface area (Å²) in [5, 5.41) is 11.4. The molecular formula is C19H16N2O2. The molecule has 2 aromatic heterocycles. The van der Waals surface area contributed by atoms with Crippen molar-refractivity contribution in [3.05, 3.63) is 60.2 Å². The zero-order chi connectivity index (χ0) is 15.8. The number of aliphatic hydroxyl groups excluding tert-OH is 1. The average Bonchev–Trinajstić information content (AvgIpc) is 3.03. The van der Waals surface area contributed by atoms with Crippen LogP contribution in [0, 0.1) is 0 Å². The summed E-state index contributed by atoms with van der Waals surface area (Å²) in [5.74, 6) is 0.595. The highest BCUT2D eigenvalue weighted by atomic mass is 16.5. The number of benzene rings is 2. The number of para-hydroxylation sites is 1. The van der Waals surface area contributed by atoms with Crippen molar-refractivity contribution in [3.63, 3.8) is 0 Å². The summed E-state index contributed by atoms with van der Waals surface area (Å²) in [6.45, 7) is 0.0390. The Balaban J connectivity index is 1.93. The van der Waals surface area contributed by atoms with Gasteiger partial charge in [-0.05, 0) is 35.9 Å². The molecular weight excluding hydrogens is 288 g/mol. The normalized spacial score (nSPS) is 11.2. The monoisotopic (exact) mass is 304 g/mol. The zero-order valence-electron chi connectivity index (χ0n) is 12.7. The van der Waals surface area contributed by atoms with E-state index in [2.05, 4.69) is 22.1 Å². The van der Waals surface area contributed by atoms with Crippen molar-refractivity contribution in [2.45, 2.75) is 6.61 Å². The minimum atomic E-state index is 0.0390. The lowest BCUT2D eigenvalue weighted by Gasteiger charge is -2.08. The molecule has 2 N–H and O–H groups in total. The first kappa shape index (κ1) is 13.8. The van der Waals surface area contributed by atoms with Gasteiger partial charge in [0.05, 0.1) is 30.5 Å². The van der Waals surface area contributed by atoms with E-state index in [4.69, 9.17) is 4.74 Å². The Morgan fingerprint density at radius 3 is 2.74 bits per heavy atom. The van der Waals surface area contributed by atoms with Gasteiger partial charge in [-0.3, -0.25) is 0 Å². The van der Waals surface area contributed by atoms with Crippen LogP contribution in [0.2, 0.25) is 0 Å². The lowest BCUT2D eigenvalue weighted by Crippen LogP contribution is -1.92. The summed E-state index contributed by atoms with van der Waals surface area (Å²) in [6.07, 6.45) is 0. The third-order valence-electron chi connectivity index (χ3n) is 4.04. The molecule has 2 heterocycles. The Bertz CT molecular complexity index is 1000. The van der Waals surface area contributed by atoms with E-state index in [-0.39, 0.29) is 6.61 Å². The zero-order valence-corrected chi connectivity index (χ0v) is 12.7. The van der Waals surface area contributed by atoms with E-state index >= 15 is 0 Å². The first-order valence-corrected chi connectivity index (χ1v) is 7.45. The topological polar surface area (TPSA) is 58.1 Å². The predicted molar refractivity (Wildman–Crippen MR) is 91.5 cm³/mol. The molecule has 0 unspecified atom stereocenters. The van der Waals surface area contributed by atoms with Gasteiger partial charge in [-0.25, -0.2) is 4.98 Å². The minimum absolute atomic E-state index is 0.0390. The fourth-order valence-electron chi connectivity index (χ4n) is 2.87. The summed E-state index contributed by atoms with van der Waals surface area (Å²) in [6, 6.07) is 18.0. The Morgan fingerprint density at radius 2 is 1.91 bits per heavy atom. The number of aromatic nitrogens is 2. The van der Waals surface area contributed by atoms with Crippen molar-refractivity contribution < 1.29 is 9.84 Å². The van der Waals surface area contributed by atoms with Crippen LogP contribution in [0.25, 0.3) is 33.1 Å². The Kier molecular flexibility index (Phi) is 3.24. The number of methoxy groups -OCH3 is 1. The lowest BCUT2D eigenvalue weighted by atomic mass is 10.1. The molecule has 114 valence electrons. The maximum Gasteiger partial charge on any atom is 0.223 e. The number of hydrogen-bond donors (Lipinski definition) is 2. The summed E-state index contributed by atoms with van der Waals surface area (Å²) >= 11 is 0. The molecule has 0 atom stereocenters. The van der Waals surface area contributed by atoms with Crippen LogP contribution in [0.1, 0.15) is 5.56 Å². The Labute approximate surface area is 133 Å². The average molecular weight is 304 g/mol. The molecule has 0 aliphatic carbocycles. The van der Waals surface area contributed by atoms with Crippen molar-refractivity contribution in [2.75, 3.05) is 7.11 Å². The van der Waals surface area contributed by atoms with Gasteiger partial charge in [-0.2, -0.15) is 0 Å². The second-order valence-electron chi connectivity index (χ2n) is 5.50. The third-order valence-corrected chi connectivity index (χ3v) is 4.04. The third kappa shape index (κ3) is 2.33. The van der Waals surface area contributed by atoms with Crippen molar-refractivity contribution in [1.29, 1.82) is 0 Å². The van der Waals surface area contributed by atoms with Crippen LogP contribution in [-0.4, -0.2) is 22.2 Å². The molecule has 0 amide bonds. The quantitative estimate of drug-likeness (QED) is 0.604. The molecule has 23 heavy (non-hydrogen) atoms. The van der Waals surface area contributed by atoms with Gasteiger partial charge in [-0.1, -0.05) is 24.3 Å². The van der Waals surface area contributed by atoms with E-state index in [1.165, 1.54) is 0 Å². The Hall–Kier alpha value is -2.85. The molecule has 4 rings (SSSR count). The van der Waals surface area contributed by atoms with Crippen molar-refractivity contribution in [1.82, 2.24) is 9.97 Å². The molecule has 0 saturated heterocycles. The van der Waals surface area contributed by atoms with Gasteiger partial charge in [-0.15, -0.1) is 0 Å². The number of nitrogens with one attached hydrogen (secondary N) is 1. The number of pyridine rings is 1. The smallest absolute Gasteiger partial charge is 0.223 e. The number of aromatic amines is 1. The number of aliphatic hydroxyl groups is 1. The number of fused-ring (bicyclic) bond motifs is 2. The largest absolute Gasteiger partial charge is 0.480 e. The Morgan fingerprint density at radius 1 is 1.04 bits per heavy atom. The molecule has 0 bridgehead atoms. The van der Waals surface area contributed by atoms with Crippen molar-refractivity contribution in [3.8, 4) is 17.1 Å². The van der Waals surface area contributed by atoms with E-state index < -0.39 is 0 Å². The van der Waals surface area contributed by atoms with E-state index in [0.29, 0.717) is 5.88 Å². The number of H-pyrrole nitrogens is 1. The van der Waals surface area contributed by atoms with Crippen LogP contribution in [0.5, 0.6) is 5.88 Å². The van der Waals surface area contributed by atoms with Gasteiger partial charge in [0.2, 0.25) is 5.88 Å². The first-order chi connectivity index (χ1) is 11.3. The molecule has 0 radical (unpaired) electrons. The molecule has 4 aromatic rings. The number of hydrogen-bond acceptors (Lipinski definition) is 3. The summed E-state index contributed by atoms with van der Waals surface area (Å²) in [5.41, 5.74) is 4.70. The molecule has 0 aliphatic rings. The molecule has 0 saturated carbocycles. The molecule has 0 spiro atoms. The van der Waals surface area contributed by atoms with Gasteiger partial charge in [0.15, 0.2) is 0 Å². The van der Waals surface area contributed by atoms with Gasteiger partial charge >= 0.3 is 0 Å². The highest BCUT2D eigenvalue weighted by Crippen LogP contribution is 2.33. The lowest BCUT2D eigenvalue weighted by molar-refractivity contribution is 0.282. The first-order valence-electron chi connectivity index (χ1n) is 7.45. The van der Waals surface area contributed by atoms with E-state index in [0.717, 1.165) is 38.6 Å². The van der Waals surface area contributed by atoms with Crippen LogP contribution in [-0.2, 0) is 6.61 Å². The van der Waals surface area contributed by atoms with E-state index in [1.54, 1.807) is 7.11 Å². The van der Waals surface area contributed by atoms with Gasteiger partial charge in [0, 0.05) is 16.3 Å².